The standard InChI is InChI=1S/C10H16N4O3S2/c1-3-5-13-6-8(15)14(16,7-13)9-11-12-10(18-9)19(17)4-2/h3,8,15H,1,4-7H2,2H3. The zero-order valence-electron chi connectivity index (χ0n) is 10.6. The van der Waals surface area contributed by atoms with E-state index < -0.39 is 21.7 Å². The third-order valence-electron chi connectivity index (χ3n) is 2.88. The average molecular weight is 304 g/mol. The van der Waals surface area contributed by atoms with Crippen LogP contribution in [0.1, 0.15) is 6.92 Å². The summed E-state index contributed by atoms with van der Waals surface area (Å²) in [6.45, 7) is 6.28. The van der Waals surface area contributed by atoms with Crippen molar-refractivity contribution in [3.05, 3.63) is 17.9 Å². The number of nitrogens with zero attached hydrogens (tertiary/aromatic N) is 4. The van der Waals surface area contributed by atoms with Crippen molar-refractivity contribution in [2.75, 3.05) is 25.5 Å². The fourth-order valence-corrected chi connectivity index (χ4v) is 3.87. The highest BCUT2D eigenvalue weighted by Gasteiger charge is 2.42. The summed E-state index contributed by atoms with van der Waals surface area (Å²) in [5.41, 5.74) is 0. The van der Waals surface area contributed by atoms with E-state index in [1.807, 2.05) is 0 Å². The lowest BCUT2D eigenvalue weighted by Gasteiger charge is -2.36. The van der Waals surface area contributed by atoms with Crippen LogP contribution < -0.4 is 4.65 Å². The maximum Gasteiger partial charge on any atom is 0.310 e. The van der Waals surface area contributed by atoms with Gasteiger partial charge in [0.15, 0.2) is 0 Å². The van der Waals surface area contributed by atoms with Crippen LogP contribution in [0.5, 0.6) is 0 Å². The van der Waals surface area contributed by atoms with Crippen LogP contribution in [0.25, 0.3) is 0 Å². The molecule has 0 radical (unpaired) electrons. The fourth-order valence-electron chi connectivity index (χ4n) is 1.89. The van der Waals surface area contributed by atoms with Crippen LogP contribution in [0.15, 0.2) is 17.0 Å². The van der Waals surface area contributed by atoms with Crippen molar-refractivity contribution in [3.63, 3.8) is 0 Å². The van der Waals surface area contributed by atoms with Crippen molar-refractivity contribution in [1.82, 2.24) is 19.7 Å². The van der Waals surface area contributed by atoms with Crippen LogP contribution in [0.4, 0.5) is 5.13 Å². The molecule has 106 valence electrons. The summed E-state index contributed by atoms with van der Waals surface area (Å²) in [6.07, 6.45) is 0.580. The van der Waals surface area contributed by atoms with E-state index >= 15 is 0 Å². The Hall–Kier alpha value is -0.710. The third-order valence-corrected chi connectivity index (χ3v) is 5.51. The molecule has 0 bridgehead atoms. The van der Waals surface area contributed by atoms with Gasteiger partial charge in [-0.25, -0.2) is 4.90 Å². The smallest absolute Gasteiger partial charge is 0.310 e. The molecule has 9 heteroatoms. The molecule has 7 nitrogen and oxygen atoms in total. The molecule has 3 atom stereocenters. The molecule has 1 aromatic heterocycles. The first kappa shape index (κ1) is 14.7. The van der Waals surface area contributed by atoms with Gasteiger partial charge >= 0.3 is 5.13 Å². The van der Waals surface area contributed by atoms with Gasteiger partial charge in [-0.1, -0.05) is 18.1 Å². The minimum absolute atomic E-state index is 0.0978. The summed E-state index contributed by atoms with van der Waals surface area (Å²) in [4.78, 5) is 1.79. The van der Waals surface area contributed by atoms with Crippen molar-refractivity contribution in [2.45, 2.75) is 17.5 Å². The van der Waals surface area contributed by atoms with Crippen molar-refractivity contribution in [1.29, 1.82) is 0 Å². The highest BCUT2D eigenvalue weighted by molar-refractivity contribution is 7.87. The fraction of sp³-hybridized carbons (Fsp3) is 0.600. The second-order valence-corrected chi connectivity index (χ2v) is 7.10. The van der Waals surface area contributed by atoms with E-state index in [0.717, 1.165) is 11.3 Å². The first-order chi connectivity index (χ1) is 9.01. The molecule has 1 aliphatic rings. The Kier molecular flexibility index (Phi) is 4.43. The minimum Gasteiger partial charge on any atom is -0.623 e. The summed E-state index contributed by atoms with van der Waals surface area (Å²) in [6, 6.07) is 0. The lowest BCUT2D eigenvalue weighted by atomic mass is 10.5. The molecule has 2 rings (SSSR count). The maximum absolute atomic E-state index is 12.7. The number of quaternary nitrogens is 1. The molecule has 0 saturated carbocycles. The molecule has 0 spiro atoms. The quantitative estimate of drug-likeness (QED) is 0.476. The van der Waals surface area contributed by atoms with Gasteiger partial charge in [0.05, 0.1) is 17.3 Å². The Labute approximate surface area is 117 Å². The van der Waals surface area contributed by atoms with Gasteiger partial charge in [-0.05, 0) is 11.3 Å². The van der Waals surface area contributed by atoms with Gasteiger partial charge in [0.1, 0.15) is 6.67 Å². The molecule has 1 aliphatic heterocycles. The summed E-state index contributed by atoms with van der Waals surface area (Å²) in [5.74, 6) is 0.429. The van der Waals surface area contributed by atoms with Gasteiger partial charge < -0.3 is 10.3 Å². The first-order valence-electron chi connectivity index (χ1n) is 5.83. The molecule has 0 amide bonds. The topological polar surface area (TPSA) is 89.4 Å². The second kappa shape index (κ2) is 5.73. The molecular weight excluding hydrogens is 288 g/mol. The van der Waals surface area contributed by atoms with Crippen LogP contribution in [0, 0.1) is 5.21 Å². The lowest BCUT2D eigenvalue weighted by molar-refractivity contribution is 0.0844. The number of aliphatic hydroxyl groups excluding tert-OH is 1. The van der Waals surface area contributed by atoms with Crippen LogP contribution in [0.2, 0.25) is 0 Å². The van der Waals surface area contributed by atoms with E-state index in [2.05, 4.69) is 16.8 Å². The highest BCUT2D eigenvalue weighted by atomic mass is 32.2. The van der Waals surface area contributed by atoms with Crippen LogP contribution >= 0.6 is 11.3 Å². The van der Waals surface area contributed by atoms with Gasteiger partial charge in [-0.2, -0.15) is 0 Å². The van der Waals surface area contributed by atoms with Crippen LogP contribution in [-0.4, -0.2) is 56.2 Å². The molecule has 3 unspecified atom stereocenters. The molecule has 19 heavy (non-hydrogen) atoms. The number of rotatable bonds is 5. The van der Waals surface area contributed by atoms with Gasteiger partial charge in [0.2, 0.25) is 10.6 Å². The zero-order chi connectivity index (χ0) is 14.0. The van der Waals surface area contributed by atoms with E-state index in [-0.39, 0.29) is 18.3 Å². The van der Waals surface area contributed by atoms with E-state index in [0.29, 0.717) is 16.6 Å². The summed E-state index contributed by atoms with van der Waals surface area (Å²) in [7, 11) is -1.23. The second-order valence-electron chi connectivity index (χ2n) is 4.23. The van der Waals surface area contributed by atoms with Gasteiger partial charge in [0.25, 0.3) is 0 Å². The maximum atomic E-state index is 12.7. The molecule has 1 fully saturated rings. The van der Waals surface area contributed by atoms with Gasteiger partial charge in [-0.15, -0.1) is 11.7 Å². The van der Waals surface area contributed by atoms with Crippen LogP contribution in [0.3, 0.4) is 0 Å². The van der Waals surface area contributed by atoms with Crippen molar-refractivity contribution in [2.24, 2.45) is 0 Å². The SMILES string of the molecule is C=CCN1CC(O)[N+]([O-])(c2nnc(S(=O)CC)s2)C1. The summed E-state index contributed by atoms with van der Waals surface area (Å²) in [5, 5.41) is 30.4. The monoisotopic (exact) mass is 304 g/mol. The minimum atomic E-state index is -1.23. The van der Waals surface area contributed by atoms with Crippen molar-refractivity contribution >= 4 is 27.3 Å². The lowest BCUT2D eigenvalue weighted by Crippen LogP contribution is -2.48. The average Bonchev–Trinajstić information content (AvgIpc) is 2.96. The van der Waals surface area contributed by atoms with E-state index in [4.69, 9.17) is 0 Å². The number of β-amino-alcohol motifs (C(OH)–C–C–N with tert-alkyl or cyclic N) is 1. The van der Waals surface area contributed by atoms with E-state index in [1.54, 1.807) is 17.9 Å². The number of aliphatic hydroxyl groups is 1. The van der Waals surface area contributed by atoms with Crippen LogP contribution in [-0.2, 0) is 10.8 Å². The number of aromatic nitrogens is 2. The van der Waals surface area contributed by atoms with Crippen molar-refractivity contribution < 1.29 is 9.32 Å². The molecule has 0 aromatic carbocycles. The van der Waals surface area contributed by atoms with Crippen molar-refractivity contribution in [3.8, 4) is 0 Å². The Morgan fingerprint density at radius 3 is 3.11 bits per heavy atom. The van der Waals surface area contributed by atoms with E-state index in [1.165, 1.54) is 0 Å². The van der Waals surface area contributed by atoms with Gasteiger partial charge in [-0.3, -0.25) is 8.86 Å². The molecule has 2 heterocycles. The summed E-state index contributed by atoms with van der Waals surface area (Å²) >= 11 is 1.01. The Balaban J connectivity index is 2.22. The largest absolute Gasteiger partial charge is 0.623 e. The molecular formula is C10H16N4O3S2. The zero-order valence-corrected chi connectivity index (χ0v) is 12.2. The first-order valence-corrected chi connectivity index (χ1v) is 7.97. The Bertz CT molecular complexity index is 495. The number of hydrogen-bond acceptors (Lipinski definition) is 7. The predicted molar refractivity (Wildman–Crippen MR) is 74.7 cm³/mol. The Morgan fingerprint density at radius 1 is 1.74 bits per heavy atom. The molecule has 1 aromatic rings. The molecule has 1 N–H and O–H groups in total. The van der Waals surface area contributed by atoms with E-state index in [9.17, 15) is 14.5 Å². The molecule has 0 aliphatic carbocycles. The third kappa shape index (κ3) is 2.76. The predicted octanol–water partition coefficient (Wildman–Crippen LogP) is 0.248. The number of hydroxylamine groups is 2. The molecule has 1 saturated heterocycles. The highest BCUT2D eigenvalue weighted by Crippen LogP contribution is 2.33. The number of hydrogen-bond donors (Lipinski definition) is 1. The summed E-state index contributed by atoms with van der Waals surface area (Å²) < 4.78 is 11.0. The van der Waals surface area contributed by atoms with Gasteiger partial charge in [0, 0.05) is 12.3 Å². The normalized spacial score (nSPS) is 29.5. The Morgan fingerprint density at radius 2 is 2.47 bits per heavy atom.